The first-order valence-corrected chi connectivity index (χ1v) is 14.3. The molecule has 0 spiro atoms. The Kier molecular flexibility index (Phi) is 12.1. The molecule has 0 aliphatic heterocycles. The van der Waals surface area contributed by atoms with Crippen LogP contribution in [0.2, 0.25) is 0 Å². The van der Waals surface area contributed by atoms with Crippen LogP contribution in [-0.4, -0.2) is 78.0 Å². The maximum absolute atomic E-state index is 13.2. The van der Waals surface area contributed by atoms with Crippen LogP contribution in [0.25, 0.3) is 16.5 Å². The summed E-state index contributed by atoms with van der Waals surface area (Å²) in [5, 5.41) is 7.79. The number of imidazole rings is 1. The van der Waals surface area contributed by atoms with Gasteiger partial charge in [-0.25, -0.2) is 18.6 Å². The molecule has 3 rings (SSSR count). The third-order valence-electron chi connectivity index (χ3n) is 6.49. The minimum Gasteiger partial charge on any atom is -0.453 e. The van der Waals surface area contributed by atoms with Crippen LogP contribution in [0.5, 0.6) is 0 Å². The Balaban J connectivity index is 1.65. The SMILES string of the molecule is C=C(CN(CCC)C(=O)CNC(=O)OC)N/C(=C\C)c1ccc2cc(C#Cc3cnc(CN(C)CC(C)(F)F)[nH]3)ccc2c1. The molecule has 0 aliphatic rings. The summed E-state index contributed by atoms with van der Waals surface area (Å²) >= 11 is 0. The largest absolute Gasteiger partial charge is 0.453 e. The predicted octanol–water partition coefficient (Wildman–Crippen LogP) is 5.11. The van der Waals surface area contributed by atoms with E-state index in [1.165, 1.54) is 12.0 Å². The van der Waals surface area contributed by atoms with E-state index in [2.05, 4.69) is 49.8 Å². The van der Waals surface area contributed by atoms with Crippen molar-refractivity contribution in [1.29, 1.82) is 0 Å². The van der Waals surface area contributed by atoms with Gasteiger partial charge in [-0.15, -0.1) is 0 Å². The number of hydrogen-bond acceptors (Lipinski definition) is 6. The number of aromatic nitrogens is 2. The van der Waals surface area contributed by atoms with Gasteiger partial charge in [0, 0.05) is 30.4 Å². The normalized spacial score (nSPS) is 11.6. The van der Waals surface area contributed by atoms with Gasteiger partial charge in [-0.3, -0.25) is 9.69 Å². The number of rotatable bonds is 13. The first-order chi connectivity index (χ1) is 20.9. The quantitative estimate of drug-likeness (QED) is 0.234. The second-order valence-electron chi connectivity index (χ2n) is 10.6. The zero-order valence-corrected chi connectivity index (χ0v) is 25.9. The van der Waals surface area contributed by atoms with Crippen LogP contribution in [0.4, 0.5) is 13.6 Å². The van der Waals surface area contributed by atoms with Crippen LogP contribution in [0, 0.1) is 11.8 Å². The summed E-state index contributed by atoms with van der Waals surface area (Å²) in [7, 11) is 2.87. The van der Waals surface area contributed by atoms with Crippen LogP contribution in [-0.2, 0) is 16.1 Å². The number of ether oxygens (including phenoxy) is 1. The van der Waals surface area contributed by atoms with Crippen molar-refractivity contribution in [3.05, 3.63) is 83.6 Å². The number of benzene rings is 2. The van der Waals surface area contributed by atoms with Crippen molar-refractivity contribution in [3.63, 3.8) is 0 Å². The minimum atomic E-state index is -2.77. The molecule has 44 heavy (non-hydrogen) atoms. The van der Waals surface area contributed by atoms with Gasteiger partial charge in [-0.1, -0.05) is 43.7 Å². The van der Waals surface area contributed by atoms with Crippen molar-refractivity contribution in [3.8, 4) is 11.8 Å². The van der Waals surface area contributed by atoms with E-state index in [-0.39, 0.29) is 32.1 Å². The topological polar surface area (TPSA) is 103 Å². The van der Waals surface area contributed by atoms with Gasteiger partial charge >= 0.3 is 6.09 Å². The fraction of sp³-hybridized carbons (Fsp3) is 0.364. The van der Waals surface area contributed by atoms with Gasteiger partial charge in [0.05, 0.1) is 32.9 Å². The number of nitrogens with one attached hydrogen (secondary N) is 3. The van der Waals surface area contributed by atoms with Crippen LogP contribution in [0.15, 0.2) is 60.9 Å². The number of fused-ring (bicyclic) bond motifs is 1. The Hall–Kier alpha value is -4.69. The van der Waals surface area contributed by atoms with E-state index >= 15 is 0 Å². The lowest BCUT2D eigenvalue weighted by molar-refractivity contribution is -0.129. The monoisotopic (exact) mass is 606 g/mol. The van der Waals surface area contributed by atoms with Crippen molar-refractivity contribution >= 4 is 28.5 Å². The van der Waals surface area contributed by atoms with Gasteiger partial charge in [0.25, 0.3) is 5.92 Å². The van der Waals surface area contributed by atoms with Crippen LogP contribution in [0.1, 0.15) is 49.8 Å². The van der Waals surface area contributed by atoms with Gasteiger partial charge in [0.15, 0.2) is 0 Å². The summed E-state index contributed by atoms with van der Waals surface area (Å²) in [5.41, 5.74) is 3.87. The second-order valence-corrected chi connectivity index (χ2v) is 10.6. The molecule has 2 amide bonds. The summed E-state index contributed by atoms with van der Waals surface area (Å²) in [6, 6.07) is 12.0. The molecule has 0 unspecified atom stereocenters. The molecule has 9 nitrogen and oxygen atoms in total. The number of allylic oxidation sites excluding steroid dienone is 1. The lowest BCUT2D eigenvalue weighted by Gasteiger charge is -2.24. The molecule has 3 aromatic rings. The third-order valence-corrected chi connectivity index (χ3v) is 6.49. The van der Waals surface area contributed by atoms with E-state index in [9.17, 15) is 18.4 Å². The molecule has 2 aromatic carbocycles. The molecular weight excluding hydrogens is 566 g/mol. The highest BCUT2D eigenvalue weighted by Gasteiger charge is 2.23. The molecule has 1 heterocycles. The highest BCUT2D eigenvalue weighted by atomic mass is 19.3. The summed E-state index contributed by atoms with van der Waals surface area (Å²) < 4.78 is 31.0. The Bertz CT molecular complexity index is 1560. The third kappa shape index (κ3) is 10.5. The number of halogens is 2. The molecule has 234 valence electrons. The molecule has 0 saturated heterocycles. The van der Waals surface area contributed by atoms with E-state index in [1.807, 2.05) is 50.3 Å². The molecule has 0 aliphatic carbocycles. The van der Waals surface area contributed by atoms with E-state index in [0.717, 1.165) is 40.9 Å². The van der Waals surface area contributed by atoms with E-state index < -0.39 is 12.0 Å². The number of alkyl halides is 2. The fourth-order valence-electron chi connectivity index (χ4n) is 4.59. The zero-order chi connectivity index (χ0) is 32.3. The summed E-state index contributed by atoms with van der Waals surface area (Å²) in [5.74, 6) is 3.76. The first-order valence-electron chi connectivity index (χ1n) is 14.3. The van der Waals surface area contributed by atoms with Gasteiger partial charge in [-0.2, -0.15) is 0 Å². The molecule has 0 radical (unpaired) electrons. The first kappa shape index (κ1) is 33.8. The predicted molar refractivity (Wildman–Crippen MR) is 169 cm³/mol. The molecule has 1 aromatic heterocycles. The van der Waals surface area contributed by atoms with Crippen molar-refractivity contribution in [2.24, 2.45) is 0 Å². The van der Waals surface area contributed by atoms with Crippen molar-refractivity contribution in [2.75, 3.05) is 40.3 Å². The second kappa shape index (κ2) is 15.7. The van der Waals surface area contributed by atoms with Gasteiger partial charge in [0.1, 0.15) is 18.1 Å². The highest BCUT2D eigenvalue weighted by molar-refractivity contribution is 5.87. The number of nitrogens with zero attached hydrogens (tertiary/aromatic N) is 3. The standard InChI is InChI=1S/C33H40F2N6O3/c1-7-15-41(31(42)19-37-32(43)44-6)20-23(3)38-29(8-2)27-13-12-25-16-24(9-11-26(25)17-27)10-14-28-18-36-30(39-28)21-40(5)22-33(4,34)35/h8-9,11-13,16-18,38H,3,7,15,19-22H2,1-2,4-6H3,(H,36,39)(H,37,43)/b29-8-. The molecule has 3 N–H and O–H groups in total. The zero-order valence-electron chi connectivity index (χ0n) is 25.9. The van der Waals surface area contributed by atoms with Crippen molar-refractivity contribution < 1.29 is 23.1 Å². The van der Waals surface area contributed by atoms with Gasteiger partial charge < -0.3 is 25.3 Å². The van der Waals surface area contributed by atoms with Crippen LogP contribution >= 0.6 is 0 Å². The summed E-state index contributed by atoms with van der Waals surface area (Å²) in [4.78, 5) is 34.5. The van der Waals surface area contributed by atoms with Crippen molar-refractivity contribution in [2.45, 2.75) is 39.7 Å². The Morgan fingerprint density at radius 1 is 1.18 bits per heavy atom. The minimum absolute atomic E-state index is 0.156. The fourth-order valence-corrected chi connectivity index (χ4v) is 4.59. The average molecular weight is 607 g/mol. The maximum atomic E-state index is 13.2. The number of carbonyl (C=O) groups is 2. The molecule has 0 saturated carbocycles. The summed E-state index contributed by atoms with van der Waals surface area (Å²) in [6.07, 6.45) is 3.65. The Labute approximate surface area is 257 Å². The number of carbonyl (C=O) groups excluding carboxylic acids is 2. The van der Waals surface area contributed by atoms with E-state index in [0.29, 0.717) is 23.8 Å². The van der Waals surface area contributed by atoms with Crippen molar-refractivity contribution in [1.82, 2.24) is 30.4 Å². The number of H-pyrrole nitrogens is 1. The molecule has 11 heteroatoms. The number of hydrogen-bond donors (Lipinski definition) is 3. The van der Waals surface area contributed by atoms with Gasteiger partial charge in [0.2, 0.25) is 5.91 Å². The Morgan fingerprint density at radius 3 is 2.59 bits per heavy atom. The molecule has 0 fully saturated rings. The Morgan fingerprint density at radius 2 is 1.91 bits per heavy atom. The number of amides is 2. The van der Waals surface area contributed by atoms with Crippen LogP contribution in [0.3, 0.4) is 0 Å². The van der Waals surface area contributed by atoms with Crippen LogP contribution < -0.4 is 10.6 Å². The maximum Gasteiger partial charge on any atom is 0.407 e. The number of methoxy groups -OCH3 is 1. The number of alkyl carbamates (subject to hydrolysis) is 1. The smallest absolute Gasteiger partial charge is 0.407 e. The van der Waals surface area contributed by atoms with E-state index in [1.54, 1.807) is 18.1 Å². The molecule has 0 bridgehead atoms. The average Bonchev–Trinajstić information content (AvgIpc) is 3.42. The molecule has 0 atom stereocenters. The van der Waals surface area contributed by atoms with Gasteiger partial charge in [-0.05, 0) is 60.8 Å². The van der Waals surface area contributed by atoms with E-state index in [4.69, 9.17) is 0 Å². The highest BCUT2D eigenvalue weighted by Crippen LogP contribution is 2.22. The lowest BCUT2D eigenvalue weighted by atomic mass is 10.0. The lowest BCUT2D eigenvalue weighted by Crippen LogP contribution is -2.42. The summed E-state index contributed by atoms with van der Waals surface area (Å²) in [6.45, 7) is 9.47. The molecular formula is C33H40F2N6O3. The number of aromatic amines is 1.